The van der Waals surface area contributed by atoms with Gasteiger partial charge < -0.3 is 4.90 Å². The number of aromatic nitrogens is 2. The molecule has 0 radical (unpaired) electrons. The van der Waals surface area contributed by atoms with Crippen LogP contribution in [0.25, 0.3) is 0 Å². The van der Waals surface area contributed by atoms with E-state index in [1.807, 2.05) is 0 Å². The molecule has 0 atom stereocenters. The molecule has 3 nitrogen and oxygen atoms in total. The molecule has 0 spiro atoms. The molecule has 1 aliphatic carbocycles. The Labute approximate surface area is 115 Å². The molecule has 0 N–H and O–H groups in total. The highest BCUT2D eigenvalue weighted by atomic mass is 127. The maximum atomic E-state index is 6.16. The van der Waals surface area contributed by atoms with Gasteiger partial charge in [0.25, 0.3) is 0 Å². The molecule has 88 valence electrons. The SMILES string of the molecule is CCN(CC)c1nc(Cl)c(I)c(C2CC2)n1. The Hall–Kier alpha value is -0.100. The Morgan fingerprint density at radius 1 is 1.31 bits per heavy atom. The zero-order valence-corrected chi connectivity index (χ0v) is 12.4. The molecule has 0 amide bonds. The van der Waals surface area contributed by atoms with Gasteiger partial charge in [-0.2, -0.15) is 4.98 Å². The van der Waals surface area contributed by atoms with Crippen molar-refractivity contribution in [1.29, 1.82) is 0 Å². The zero-order chi connectivity index (χ0) is 11.7. The van der Waals surface area contributed by atoms with Gasteiger partial charge in [-0.05, 0) is 49.3 Å². The van der Waals surface area contributed by atoms with E-state index in [1.165, 1.54) is 12.8 Å². The smallest absolute Gasteiger partial charge is 0.227 e. The number of nitrogens with zero attached hydrogens (tertiary/aromatic N) is 3. The molecule has 1 aliphatic rings. The summed E-state index contributed by atoms with van der Waals surface area (Å²) in [5.41, 5.74) is 1.14. The second-order valence-corrected chi connectivity index (χ2v) is 5.40. The molecular formula is C11H15ClIN3. The van der Waals surface area contributed by atoms with Gasteiger partial charge in [-0.15, -0.1) is 0 Å². The van der Waals surface area contributed by atoms with Crippen LogP contribution >= 0.6 is 34.2 Å². The number of anilines is 1. The van der Waals surface area contributed by atoms with Gasteiger partial charge in [0, 0.05) is 19.0 Å². The fourth-order valence-corrected chi connectivity index (χ4v) is 2.55. The van der Waals surface area contributed by atoms with Crippen molar-refractivity contribution in [3.8, 4) is 0 Å². The van der Waals surface area contributed by atoms with Crippen LogP contribution in [0.4, 0.5) is 5.95 Å². The van der Waals surface area contributed by atoms with Crippen LogP contribution in [0.2, 0.25) is 5.15 Å². The maximum absolute atomic E-state index is 6.16. The standard InChI is InChI=1S/C11H15ClIN3/c1-3-16(4-2)11-14-9(7-5-6-7)8(13)10(12)15-11/h7H,3-6H2,1-2H3. The fraction of sp³-hybridized carbons (Fsp3) is 0.636. The summed E-state index contributed by atoms with van der Waals surface area (Å²) in [6.45, 7) is 6.04. The number of halogens is 2. The number of rotatable bonds is 4. The fourth-order valence-electron chi connectivity index (χ4n) is 1.70. The molecule has 0 unspecified atom stereocenters. The second kappa shape index (κ2) is 5.04. The third-order valence-electron chi connectivity index (χ3n) is 2.83. The molecule has 1 aromatic rings. The minimum Gasteiger partial charge on any atom is -0.341 e. The van der Waals surface area contributed by atoms with Crippen molar-refractivity contribution in [2.75, 3.05) is 18.0 Å². The van der Waals surface area contributed by atoms with E-state index in [4.69, 9.17) is 11.6 Å². The molecule has 0 aromatic carbocycles. The lowest BCUT2D eigenvalue weighted by Gasteiger charge is -2.19. The summed E-state index contributed by atoms with van der Waals surface area (Å²) < 4.78 is 1.03. The average molecular weight is 352 g/mol. The van der Waals surface area contributed by atoms with Crippen LogP contribution in [0.1, 0.15) is 38.3 Å². The number of hydrogen-bond donors (Lipinski definition) is 0. The zero-order valence-electron chi connectivity index (χ0n) is 9.50. The van der Waals surface area contributed by atoms with Crippen molar-refractivity contribution in [2.24, 2.45) is 0 Å². The van der Waals surface area contributed by atoms with Crippen LogP contribution < -0.4 is 4.90 Å². The molecule has 1 heterocycles. The van der Waals surface area contributed by atoms with Gasteiger partial charge in [-0.1, -0.05) is 11.6 Å². The van der Waals surface area contributed by atoms with Crippen LogP contribution in [0.3, 0.4) is 0 Å². The minimum atomic E-state index is 0.597. The summed E-state index contributed by atoms with van der Waals surface area (Å²) in [7, 11) is 0. The highest BCUT2D eigenvalue weighted by Gasteiger charge is 2.29. The van der Waals surface area contributed by atoms with Crippen molar-refractivity contribution in [3.63, 3.8) is 0 Å². The lowest BCUT2D eigenvalue weighted by Crippen LogP contribution is -2.25. The first-order chi connectivity index (χ1) is 7.67. The van der Waals surface area contributed by atoms with E-state index in [2.05, 4.69) is 51.3 Å². The number of hydrogen-bond acceptors (Lipinski definition) is 3. The van der Waals surface area contributed by atoms with Gasteiger partial charge in [0.15, 0.2) is 0 Å². The third kappa shape index (κ3) is 2.42. The first-order valence-corrected chi connectivity index (χ1v) is 7.10. The highest BCUT2D eigenvalue weighted by molar-refractivity contribution is 14.1. The van der Waals surface area contributed by atoms with Crippen LogP contribution in [0, 0.1) is 3.57 Å². The van der Waals surface area contributed by atoms with Crippen molar-refractivity contribution >= 4 is 40.1 Å². The van der Waals surface area contributed by atoms with Crippen molar-refractivity contribution in [3.05, 3.63) is 14.4 Å². The van der Waals surface area contributed by atoms with E-state index in [-0.39, 0.29) is 0 Å². The average Bonchev–Trinajstić information content (AvgIpc) is 3.08. The lowest BCUT2D eigenvalue weighted by molar-refractivity contribution is 0.806. The normalized spacial score (nSPS) is 15.2. The third-order valence-corrected chi connectivity index (χ3v) is 4.49. The molecule has 1 fully saturated rings. The van der Waals surface area contributed by atoms with E-state index >= 15 is 0 Å². The quantitative estimate of drug-likeness (QED) is 0.614. The van der Waals surface area contributed by atoms with E-state index in [0.29, 0.717) is 11.1 Å². The van der Waals surface area contributed by atoms with E-state index < -0.39 is 0 Å². The molecule has 5 heteroatoms. The van der Waals surface area contributed by atoms with Crippen molar-refractivity contribution < 1.29 is 0 Å². The minimum absolute atomic E-state index is 0.597. The summed E-state index contributed by atoms with van der Waals surface area (Å²) in [5, 5.41) is 0.597. The van der Waals surface area contributed by atoms with Crippen LogP contribution in [-0.2, 0) is 0 Å². The largest absolute Gasteiger partial charge is 0.341 e. The lowest BCUT2D eigenvalue weighted by atomic mass is 10.3. The van der Waals surface area contributed by atoms with E-state index in [0.717, 1.165) is 28.3 Å². The molecule has 0 aliphatic heterocycles. The Bertz CT molecular complexity index is 389. The van der Waals surface area contributed by atoms with E-state index in [9.17, 15) is 0 Å². The molecule has 1 saturated carbocycles. The molecule has 1 aromatic heterocycles. The van der Waals surface area contributed by atoms with Crippen LogP contribution in [0.15, 0.2) is 0 Å². The summed E-state index contributed by atoms with van der Waals surface area (Å²) in [4.78, 5) is 11.2. The monoisotopic (exact) mass is 351 g/mol. The molecule has 16 heavy (non-hydrogen) atoms. The first-order valence-electron chi connectivity index (χ1n) is 5.65. The van der Waals surface area contributed by atoms with Crippen molar-refractivity contribution in [2.45, 2.75) is 32.6 Å². The Morgan fingerprint density at radius 2 is 1.94 bits per heavy atom. The predicted octanol–water partition coefficient (Wildman–Crippen LogP) is 3.46. The first kappa shape index (κ1) is 12.4. The highest BCUT2D eigenvalue weighted by Crippen LogP contribution is 2.42. The van der Waals surface area contributed by atoms with Gasteiger partial charge >= 0.3 is 0 Å². The molecule has 0 saturated heterocycles. The Morgan fingerprint density at radius 3 is 2.44 bits per heavy atom. The van der Waals surface area contributed by atoms with Gasteiger partial charge in [-0.3, -0.25) is 0 Å². The van der Waals surface area contributed by atoms with Gasteiger partial charge in [-0.25, -0.2) is 4.98 Å². The van der Waals surface area contributed by atoms with Crippen LogP contribution in [0.5, 0.6) is 0 Å². The molecule has 2 rings (SSSR count). The molecular weight excluding hydrogens is 336 g/mol. The van der Waals surface area contributed by atoms with Gasteiger partial charge in [0.1, 0.15) is 5.15 Å². The van der Waals surface area contributed by atoms with Gasteiger partial charge in [0.05, 0.1) is 9.26 Å². The van der Waals surface area contributed by atoms with E-state index in [1.54, 1.807) is 0 Å². The van der Waals surface area contributed by atoms with Crippen molar-refractivity contribution in [1.82, 2.24) is 9.97 Å². The summed E-state index contributed by atoms with van der Waals surface area (Å²) in [6, 6.07) is 0. The second-order valence-electron chi connectivity index (χ2n) is 3.96. The topological polar surface area (TPSA) is 29.0 Å². The van der Waals surface area contributed by atoms with Crippen LogP contribution in [-0.4, -0.2) is 23.1 Å². The summed E-state index contributed by atoms with van der Waals surface area (Å²) in [6.07, 6.45) is 2.47. The summed E-state index contributed by atoms with van der Waals surface area (Å²) >= 11 is 8.41. The Kier molecular flexibility index (Phi) is 3.89. The van der Waals surface area contributed by atoms with Gasteiger partial charge in [0.2, 0.25) is 5.95 Å². The predicted molar refractivity (Wildman–Crippen MR) is 75.3 cm³/mol. The Balaban J connectivity index is 2.39. The summed E-state index contributed by atoms with van der Waals surface area (Å²) in [5.74, 6) is 1.39. The molecule has 0 bridgehead atoms. The maximum Gasteiger partial charge on any atom is 0.227 e.